The molecule has 108 valence electrons. The van der Waals surface area contributed by atoms with Crippen LogP contribution < -0.4 is 0 Å². The number of rotatable bonds is 9. The molecule has 3 heteroatoms. The summed E-state index contributed by atoms with van der Waals surface area (Å²) in [6.45, 7) is 6.30. The fourth-order valence-corrected chi connectivity index (χ4v) is 1.75. The van der Waals surface area contributed by atoms with Crippen LogP contribution in [-0.2, 0) is 14.3 Å². The Labute approximate surface area is 116 Å². The Bertz CT molecular complexity index is 336. The van der Waals surface area contributed by atoms with E-state index in [2.05, 4.69) is 37.7 Å². The Morgan fingerprint density at radius 3 is 2.37 bits per heavy atom. The minimum Gasteiger partial charge on any atom is -0.469 e. The van der Waals surface area contributed by atoms with Crippen LogP contribution >= 0.6 is 0 Å². The third-order valence-corrected chi connectivity index (χ3v) is 2.97. The van der Waals surface area contributed by atoms with E-state index in [1.54, 1.807) is 0 Å². The van der Waals surface area contributed by atoms with Crippen LogP contribution in [0.1, 0.15) is 52.9 Å². The fourth-order valence-electron chi connectivity index (χ4n) is 1.75. The smallest absolute Gasteiger partial charge is 0.306 e. The van der Waals surface area contributed by atoms with E-state index in [0.29, 0.717) is 6.42 Å². The summed E-state index contributed by atoms with van der Waals surface area (Å²) in [7, 11) is 1.34. The number of methoxy groups -OCH3 is 1. The Hall–Kier alpha value is -1.38. The monoisotopic (exact) mass is 266 g/mol. The molecular formula is C16H26O3. The molecule has 0 heterocycles. The van der Waals surface area contributed by atoms with E-state index >= 15 is 0 Å². The van der Waals surface area contributed by atoms with Gasteiger partial charge in [-0.25, -0.2) is 0 Å². The summed E-state index contributed by atoms with van der Waals surface area (Å²) >= 11 is 0. The zero-order valence-electron chi connectivity index (χ0n) is 12.6. The van der Waals surface area contributed by atoms with E-state index in [1.165, 1.54) is 18.3 Å². The zero-order valence-corrected chi connectivity index (χ0v) is 12.6. The van der Waals surface area contributed by atoms with Gasteiger partial charge >= 0.3 is 5.97 Å². The lowest BCUT2D eigenvalue weighted by molar-refractivity contribution is -0.142. The van der Waals surface area contributed by atoms with Gasteiger partial charge in [0.25, 0.3) is 0 Å². The van der Waals surface area contributed by atoms with Crippen molar-refractivity contribution < 1.29 is 14.3 Å². The largest absolute Gasteiger partial charge is 0.469 e. The summed E-state index contributed by atoms with van der Waals surface area (Å²) in [4.78, 5) is 21.9. The highest BCUT2D eigenvalue weighted by Gasteiger charge is 2.12. The molecule has 0 spiro atoms. The molecule has 3 nitrogen and oxygen atoms in total. The van der Waals surface area contributed by atoms with Gasteiger partial charge < -0.3 is 9.53 Å². The molecule has 0 rings (SSSR count). The Balaban J connectivity index is 3.99. The molecule has 0 radical (unpaired) electrons. The van der Waals surface area contributed by atoms with E-state index < -0.39 is 0 Å². The number of hydrogen-bond donors (Lipinski definition) is 0. The average Bonchev–Trinajstić information content (AvgIpc) is 2.36. The standard InChI is InChI=1S/C16H26O3/c1-13(2)7-5-8-14(3)9-6-10-15(12-17)11-16(18)19-4/h7,9,12,15H,5-6,8,10-11H2,1-4H3. The zero-order chi connectivity index (χ0) is 14.7. The third-order valence-electron chi connectivity index (χ3n) is 2.97. The topological polar surface area (TPSA) is 43.4 Å². The maximum absolute atomic E-state index is 11.1. The first-order chi connectivity index (χ1) is 8.99. The van der Waals surface area contributed by atoms with Crippen molar-refractivity contribution in [3.8, 4) is 0 Å². The Morgan fingerprint density at radius 1 is 1.16 bits per heavy atom. The molecule has 0 aromatic carbocycles. The lowest BCUT2D eigenvalue weighted by atomic mass is 9.99. The van der Waals surface area contributed by atoms with Crippen molar-refractivity contribution in [1.82, 2.24) is 0 Å². The summed E-state index contributed by atoms with van der Waals surface area (Å²) in [5.74, 6) is -0.546. The van der Waals surface area contributed by atoms with Crippen LogP contribution in [0.4, 0.5) is 0 Å². The van der Waals surface area contributed by atoms with Crippen LogP contribution in [0.2, 0.25) is 0 Å². The van der Waals surface area contributed by atoms with E-state index in [1.807, 2.05) is 0 Å². The van der Waals surface area contributed by atoms with Crippen LogP contribution in [0.5, 0.6) is 0 Å². The summed E-state index contributed by atoms with van der Waals surface area (Å²) in [5, 5.41) is 0. The molecule has 19 heavy (non-hydrogen) atoms. The van der Waals surface area contributed by atoms with E-state index in [9.17, 15) is 9.59 Å². The third kappa shape index (κ3) is 10.2. The van der Waals surface area contributed by atoms with E-state index in [4.69, 9.17) is 0 Å². The van der Waals surface area contributed by atoms with Gasteiger partial charge in [-0.3, -0.25) is 4.79 Å². The summed E-state index contributed by atoms with van der Waals surface area (Å²) in [5.41, 5.74) is 2.67. The van der Waals surface area contributed by atoms with Crippen molar-refractivity contribution in [3.63, 3.8) is 0 Å². The number of aldehydes is 1. The van der Waals surface area contributed by atoms with Crippen LogP contribution in [0.15, 0.2) is 23.3 Å². The summed E-state index contributed by atoms with van der Waals surface area (Å²) in [6, 6.07) is 0. The van der Waals surface area contributed by atoms with Crippen LogP contribution in [-0.4, -0.2) is 19.4 Å². The number of carbonyl (C=O) groups excluding carboxylic acids is 2. The van der Waals surface area contributed by atoms with Crippen molar-refractivity contribution >= 4 is 12.3 Å². The lowest BCUT2D eigenvalue weighted by Gasteiger charge is -2.07. The molecular weight excluding hydrogens is 240 g/mol. The molecule has 0 aromatic rings. The van der Waals surface area contributed by atoms with Crippen molar-refractivity contribution in [3.05, 3.63) is 23.3 Å². The average molecular weight is 266 g/mol. The lowest BCUT2D eigenvalue weighted by Crippen LogP contribution is -2.10. The molecule has 0 saturated carbocycles. The first-order valence-electron chi connectivity index (χ1n) is 6.80. The number of allylic oxidation sites excluding steroid dienone is 4. The summed E-state index contributed by atoms with van der Waals surface area (Å²) in [6.07, 6.45) is 9.07. The van der Waals surface area contributed by atoms with Gasteiger partial charge in [0, 0.05) is 5.92 Å². The quantitative estimate of drug-likeness (QED) is 0.362. The van der Waals surface area contributed by atoms with Gasteiger partial charge in [0.05, 0.1) is 13.5 Å². The molecule has 0 amide bonds. The highest BCUT2D eigenvalue weighted by Crippen LogP contribution is 2.13. The number of ether oxygens (including phenoxy) is 1. The minimum atomic E-state index is -0.318. The highest BCUT2D eigenvalue weighted by atomic mass is 16.5. The second kappa shape index (κ2) is 10.5. The molecule has 0 aliphatic heterocycles. The van der Waals surface area contributed by atoms with Gasteiger partial charge in [-0.1, -0.05) is 23.3 Å². The van der Waals surface area contributed by atoms with Crippen molar-refractivity contribution in [2.45, 2.75) is 52.9 Å². The van der Waals surface area contributed by atoms with E-state index in [-0.39, 0.29) is 18.3 Å². The minimum absolute atomic E-state index is 0.185. The predicted molar refractivity (Wildman–Crippen MR) is 77.8 cm³/mol. The molecule has 1 unspecified atom stereocenters. The second-order valence-corrected chi connectivity index (χ2v) is 5.12. The molecule has 0 aliphatic rings. The molecule has 0 aromatic heterocycles. The molecule has 0 saturated heterocycles. The molecule has 0 bridgehead atoms. The van der Waals surface area contributed by atoms with Gasteiger partial charge in [0.15, 0.2) is 0 Å². The first kappa shape index (κ1) is 17.6. The molecule has 1 atom stereocenters. The van der Waals surface area contributed by atoms with Gasteiger partial charge in [-0.15, -0.1) is 0 Å². The number of hydrogen-bond acceptors (Lipinski definition) is 3. The Kier molecular flexibility index (Phi) is 9.77. The fraction of sp³-hybridized carbons (Fsp3) is 0.625. The molecule has 0 aliphatic carbocycles. The van der Waals surface area contributed by atoms with Crippen molar-refractivity contribution in [2.75, 3.05) is 7.11 Å². The maximum Gasteiger partial charge on any atom is 0.306 e. The summed E-state index contributed by atoms with van der Waals surface area (Å²) < 4.78 is 4.57. The molecule has 0 fully saturated rings. The first-order valence-corrected chi connectivity index (χ1v) is 6.80. The van der Waals surface area contributed by atoms with Gasteiger partial charge in [-0.05, 0) is 46.5 Å². The number of carbonyl (C=O) groups is 2. The van der Waals surface area contributed by atoms with Gasteiger partial charge in [0.2, 0.25) is 0 Å². The van der Waals surface area contributed by atoms with Crippen molar-refractivity contribution in [2.24, 2.45) is 5.92 Å². The second-order valence-electron chi connectivity index (χ2n) is 5.12. The predicted octanol–water partition coefficient (Wildman–Crippen LogP) is 3.84. The van der Waals surface area contributed by atoms with Gasteiger partial charge in [0.1, 0.15) is 6.29 Å². The highest BCUT2D eigenvalue weighted by molar-refractivity contribution is 5.73. The Morgan fingerprint density at radius 2 is 1.84 bits per heavy atom. The van der Waals surface area contributed by atoms with Crippen LogP contribution in [0.25, 0.3) is 0 Å². The van der Waals surface area contributed by atoms with Crippen molar-refractivity contribution in [1.29, 1.82) is 0 Å². The SMILES string of the molecule is COC(=O)CC(C=O)CCC=C(C)CCC=C(C)C. The van der Waals surface area contributed by atoms with Crippen LogP contribution in [0.3, 0.4) is 0 Å². The molecule has 0 N–H and O–H groups in total. The maximum atomic E-state index is 11.1. The number of esters is 1. The van der Waals surface area contributed by atoms with Gasteiger partial charge in [-0.2, -0.15) is 0 Å². The van der Waals surface area contributed by atoms with Crippen LogP contribution in [0, 0.1) is 5.92 Å². The van der Waals surface area contributed by atoms with E-state index in [0.717, 1.165) is 25.5 Å². The normalized spacial score (nSPS) is 12.7.